The lowest BCUT2D eigenvalue weighted by atomic mass is 9.86. The van der Waals surface area contributed by atoms with Crippen molar-refractivity contribution in [3.05, 3.63) is 23.8 Å². The second kappa shape index (κ2) is 9.78. The molecule has 0 radical (unpaired) electrons. The third kappa shape index (κ3) is 6.70. The number of benzene rings is 1. The van der Waals surface area contributed by atoms with Gasteiger partial charge in [0.15, 0.2) is 6.61 Å². The third-order valence-corrected chi connectivity index (χ3v) is 6.70. The van der Waals surface area contributed by atoms with Crippen molar-refractivity contribution in [1.82, 2.24) is 10.0 Å². The molecule has 30 heavy (non-hydrogen) atoms. The molecule has 2 rings (SSSR count). The van der Waals surface area contributed by atoms with Crippen LogP contribution in [0.25, 0.3) is 0 Å². The number of hydrogen-bond acceptors (Lipinski definition) is 6. The summed E-state index contributed by atoms with van der Waals surface area (Å²) in [6.07, 6.45) is 4.22. The van der Waals surface area contributed by atoms with Gasteiger partial charge in [-0.1, -0.05) is 19.8 Å². The highest BCUT2D eigenvalue weighted by Gasteiger charge is 2.27. The summed E-state index contributed by atoms with van der Waals surface area (Å²) in [7, 11) is -2.59. The summed E-state index contributed by atoms with van der Waals surface area (Å²) in [6, 6.07) is 4.07. The lowest BCUT2D eigenvalue weighted by Gasteiger charge is -2.29. The van der Waals surface area contributed by atoms with E-state index in [1.165, 1.54) is 25.3 Å². The van der Waals surface area contributed by atoms with E-state index in [0.29, 0.717) is 5.92 Å². The van der Waals surface area contributed by atoms with Crippen LogP contribution in [0.4, 0.5) is 0 Å². The first kappa shape index (κ1) is 24.1. The lowest BCUT2D eigenvalue weighted by molar-refractivity contribution is -0.125. The van der Waals surface area contributed by atoms with Crippen LogP contribution in [0.3, 0.4) is 0 Å². The Balaban J connectivity index is 2.08. The van der Waals surface area contributed by atoms with Crippen molar-refractivity contribution in [2.45, 2.75) is 69.9 Å². The molecular weight excluding hydrogens is 408 g/mol. The molecule has 1 aliphatic carbocycles. The molecule has 1 amide bonds. The molecule has 168 valence electrons. The summed E-state index contributed by atoms with van der Waals surface area (Å²) in [6.45, 7) is 6.81. The molecule has 0 spiro atoms. The summed E-state index contributed by atoms with van der Waals surface area (Å²) in [5.74, 6) is -0.648. The molecule has 1 fully saturated rings. The molecule has 1 saturated carbocycles. The van der Waals surface area contributed by atoms with Crippen molar-refractivity contribution < 1.29 is 27.5 Å². The van der Waals surface area contributed by atoms with E-state index in [-0.39, 0.29) is 28.2 Å². The molecule has 1 aromatic rings. The van der Waals surface area contributed by atoms with Crippen LogP contribution in [0.15, 0.2) is 23.1 Å². The lowest BCUT2D eigenvalue weighted by Crippen LogP contribution is -2.42. The summed E-state index contributed by atoms with van der Waals surface area (Å²) in [5.41, 5.74) is -0.696. The van der Waals surface area contributed by atoms with Crippen molar-refractivity contribution in [3.63, 3.8) is 0 Å². The van der Waals surface area contributed by atoms with E-state index >= 15 is 0 Å². The molecule has 1 aromatic carbocycles. The van der Waals surface area contributed by atoms with E-state index in [4.69, 9.17) is 9.47 Å². The molecule has 2 atom stereocenters. The van der Waals surface area contributed by atoms with Gasteiger partial charge >= 0.3 is 5.97 Å². The smallest absolute Gasteiger partial charge is 0.338 e. The van der Waals surface area contributed by atoms with Crippen molar-refractivity contribution >= 4 is 21.9 Å². The van der Waals surface area contributed by atoms with Gasteiger partial charge in [-0.05, 0) is 57.7 Å². The van der Waals surface area contributed by atoms with E-state index in [1.807, 2.05) is 0 Å². The number of hydrogen-bond donors (Lipinski definition) is 2. The minimum absolute atomic E-state index is 0.0175. The van der Waals surface area contributed by atoms with Gasteiger partial charge in [0.05, 0.1) is 12.7 Å². The monoisotopic (exact) mass is 440 g/mol. The van der Waals surface area contributed by atoms with Crippen LogP contribution in [0.2, 0.25) is 0 Å². The number of carbonyl (C=O) groups excluding carboxylic acids is 2. The fourth-order valence-corrected chi connectivity index (χ4v) is 5.08. The van der Waals surface area contributed by atoms with Gasteiger partial charge in [0.25, 0.3) is 5.91 Å². The zero-order valence-corrected chi connectivity index (χ0v) is 19.1. The van der Waals surface area contributed by atoms with Gasteiger partial charge < -0.3 is 14.8 Å². The van der Waals surface area contributed by atoms with Crippen LogP contribution >= 0.6 is 0 Å². The van der Waals surface area contributed by atoms with Crippen LogP contribution in [-0.2, 0) is 19.6 Å². The van der Waals surface area contributed by atoms with Crippen molar-refractivity contribution in [2.24, 2.45) is 5.92 Å². The van der Waals surface area contributed by atoms with Crippen LogP contribution in [0.1, 0.15) is 63.7 Å². The molecule has 2 unspecified atom stereocenters. The number of carbonyl (C=O) groups is 2. The molecule has 2 N–H and O–H groups in total. The van der Waals surface area contributed by atoms with E-state index in [9.17, 15) is 18.0 Å². The zero-order chi connectivity index (χ0) is 22.5. The number of methoxy groups -OCH3 is 1. The van der Waals surface area contributed by atoms with Crippen LogP contribution in [0, 0.1) is 5.92 Å². The van der Waals surface area contributed by atoms with Gasteiger partial charge in [0.2, 0.25) is 10.0 Å². The molecule has 0 bridgehead atoms. The highest BCUT2D eigenvalue weighted by molar-refractivity contribution is 7.89. The number of rotatable bonds is 7. The predicted octanol–water partition coefficient (Wildman–Crippen LogP) is 2.62. The number of nitrogens with one attached hydrogen (secondary N) is 2. The first-order valence-corrected chi connectivity index (χ1v) is 11.6. The number of esters is 1. The average molecular weight is 441 g/mol. The van der Waals surface area contributed by atoms with Gasteiger partial charge in [0, 0.05) is 11.6 Å². The quantitative estimate of drug-likeness (QED) is 0.631. The standard InChI is InChI=1S/C21H32N2O6S/c1-14-8-6-7-9-16(14)22-19(24)13-29-20(25)15-10-11-17(28-5)18(12-15)30(26,27)23-21(2,3)4/h10-12,14,16,23H,6-9,13H2,1-5H3,(H,22,24). The molecule has 0 aromatic heterocycles. The normalized spacial score (nSPS) is 19.8. The Morgan fingerprint density at radius 2 is 1.83 bits per heavy atom. The Hall–Kier alpha value is -2.13. The summed E-state index contributed by atoms with van der Waals surface area (Å²) < 4.78 is 38.2. The van der Waals surface area contributed by atoms with E-state index in [2.05, 4.69) is 17.0 Å². The van der Waals surface area contributed by atoms with E-state index in [1.54, 1.807) is 20.8 Å². The number of amides is 1. The molecule has 0 saturated heterocycles. The Labute approximate surface area is 178 Å². The fourth-order valence-electron chi connectivity index (χ4n) is 3.47. The Morgan fingerprint density at radius 3 is 2.43 bits per heavy atom. The highest BCUT2D eigenvalue weighted by Crippen LogP contribution is 2.26. The summed E-state index contributed by atoms with van der Waals surface area (Å²) in [4.78, 5) is 24.4. The minimum atomic E-state index is -3.94. The summed E-state index contributed by atoms with van der Waals surface area (Å²) >= 11 is 0. The van der Waals surface area contributed by atoms with Gasteiger partial charge in [-0.3, -0.25) is 4.79 Å². The maximum absolute atomic E-state index is 12.7. The first-order chi connectivity index (χ1) is 13.9. The maximum atomic E-state index is 12.7. The SMILES string of the molecule is COc1ccc(C(=O)OCC(=O)NC2CCCCC2C)cc1S(=O)(=O)NC(C)(C)C. The third-order valence-electron chi connectivity index (χ3n) is 4.92. The highest BCUT2D eigenvalue weighted by atomic mass is 32.2. The average Bonchev–Trinajstić information content (AvgIpc) is 2.65. The molecule has 1 aliphatic rings. The second-order valence-corrected chi connectivity index (χ2v) is 10.4. The van der Waals surface area contributed by atoms with Crippen molar-refractivity contribution in [3.8, 4) is 5.75 Å². The van der Waals surface area contributed by atoms with E-state index in [0.717, 1.165) is 25.7 Å². The van der Waals surface area contributed by atoms with Crippen molar-refractivity contribution in [2.75, 3.05) is 13.7 Å². The molecular formula is C21H32N2O6S. The van der Waals surface area contributed by atoms with Crippen LogP contribution in [0.5, 0.6) is 5.75 Å². The molecule has 0 aliphatic heterocycles. The molecule has 0 heterocycles. The Bertz CT molecular complexity index is 876. The predicted molar refractivity (Wildman–Crippen MR) is 113 cm³/mol. The number of sulfonamides is 1. The van der Waals surface area contributed by atoms with Gasteiger partial charge in [0.1, 0.15) is 10.6 Å². The van der Waals surface area contributed by atoms with Crippen LogP contribution in [-0.4, -0.2) is 45.6 Å². The molecule has 8 nitrogen and oxygen atoms in total. The number of ether oxygens (including phenoxy) is 2. The largest absolute Gasteiger partial charge is 0.495 e. The zero-order valence-electron chi connectivity index (χ0n) is 18.3. The Morgan fingerprint density at radius 1 is 1.17 bits per heavy atom. The topological polar surface area (TPSA) is 111 Å². The fraction of sp³-hybridized carbons (Fsp3) is 0.619. The summed E-state index contributed by atoms with van der Waals surface area (Å²) in [5, 5.41) is 2.91. The minimum Gasteiger partial charge on any atom is -0.495 e. The maximum Gasteiger partial charge on any atom is 0.338 e. The van der Waals surface area contributed by atoms with Crippen LogP contribution < -0.4 is 14.8 Å². The second-order valence-electron chi connectivity index (χ2n) is 8.73. The van der Waals surface area contributed by atoms with Gasteiger partial charge in [-0.25, -0.2) is 17.9 Å². The Kier molecular flexibility index (Phi) is 7.87. The van der Waals surface area contributed by atoms with E-state index < -0.39 is 28.1 Å². The van der Waals surface area contributed by atoms with Gasteiger partial charge in [-0.2, -0.15) is 0 Å². The van der Waals surface area contributed by atoms with Gasteiger partial charge in [-0.15, -0.1) is 0 Å². The van der Waals surface area contributed by atoms with Crippen molar-refractivity contribution in [1.29, 1.82) is 0 Å². The molecule has 9 heteroatoms. The first-order valence-electron chi connectivity index (χ1n) is 10.1.